The molecular weight excluding hydrogens is 257 g/mol. The molecule has 1 aromatic carbocycles. The molecule has 0 aliphatic rings. The van der Waals surface area contributed by atoms with Crippen molar-refractivity contribution in [2.45, 2.75) is 38.5 Å². The molecule has 2 atom stereocenters. The zero-order valence-corrected chi connectivity index (χ0v) is 10.8. The van der Waals surface area contributed by atoms with Crippen molar-refractivity contribution in [1.29, 1.82) is 0 Å². The van der Waals surface area contributed by atoms with E-state index in [1.54, 1.807) is 13.8 Å². The number of nitrogens with two attached hydrogens (primary N) is 1. The quantitative estimate of drug-likeness (QED) is 0.886. The summed E-state index contributed by atoms with van der Waals surface area (Å²) in [4.78, 5) is 11.6. The molecule has 1 rings (SSSR count). The second kappa shape index (κ2) is 6.06. The lowest BCUT2D eigenvalue weighted by atomic mass is 10.0. The highest BCUT2D eigenvalue weighted by Gasteiger charge is 2.30. The molecule has 0 spiro atoms. The van der Waals surface area contributed by atoms with Gasteiger partial charge in [0, 0.05) is 0 Å². The molecule has 6 heteroatoms. The van der Waals surface area contributed by atoms with Crippen LogP contribution in [0.15, 0.2) is 24.3 Å². The average Bonchev–Trinajstić information content (AvgIpc) is 2.36. The number of hydrogen-bond donors (Lipinski definition) is 2. The van der Waals surface area contributed by atoms with E-state index in [2.05, 4.69) is 5.32 Å². The minimum Gasteiger partial charge on any atom is -0.348 e. The number of rotatable bonds is 4. The van der Waals surface area contributed by atoms with Gasteiger partial charge in [0.15, 0.2) is 0 Å². The van der Waals surface area contributed by atoms with Crippen molar-refractivity contribution >= 4 is 5.91 Å². The van der Waals surface area contributed by atoms with Gasteiger partial charge in [0.2, 0.25) is 5.91 Å². The van der Waals surface area contributed by atoms with Crippen LogP contribution in [0.5, 0.6) is 0 Å². The number of amides is 1. The van der Waals surface area contributed by atoms with Crippen LogP contribution < -0.4 is 11.1 Å². The van der Waals surface area contributed by atoms with Crippen LogP contribution in [0.25, 0.3) is 0 Å². The molecule has 0 fully saturated rings. The van der Waals surface area contributed by atoms with Gasteiger partial charge in [-0.05, 0) is 31.0 Å². The van der Waals surface area contributed by atoms with E-state index >= 15 is 0 Å². The Balaban J connectivity index is 2.83. The van der Waals surface area contributed by atoms with Gasteiger partial charge in [0.1, 0.15) is 0 Å². The molecule has 0 aromatic heterocycles. The molecule has 2 unspecified atom stereocenters. The third-order valence-electron chi connectivity index (χ3n) is 2.85. The number of alkyl halides is 3. The molecule has 106 valence electrons. The number of carbonyl (C=O) groups excluding carboxylic acids is 1. The molecule has 1 aromatic rings. The van der Waals surface area contributed by atoms with Crippen molar-refractivity contribution in [3.8, 4) is 0 Å². The fourth-order valence-electron chi connectivity index (χ4n) is 1.57. The second-order valence-corrected chi connectivity index (χ2v) is 4.37. The number of benzene rings is 1. The minimum atomic E-state index is -4.39. The van der Waals surface area contributed by atoms with Crippen LogP contribution in [0.3, 0.4) is 0 Å². The van der Waals surface area contributed by atoms with E-state index in [4.69, 9.17) is 5.73 Å². The number of halogens is 3. The first-order valence-corrected chi connectivity index (χ1v) is 5.98. The Kier molecular flexibility index (Phi) is 4.94. The first-order valence-electron chi connectivity index (χ1n) is 5.98. The number of carbonyl (C=O) groups is 1. The molecule has 0 aliphatic carbocycles. The summed E-state index contributed by atoms with van der Waals surface area (Å²) in [7, 11) is 0. The van der Waals surface area contributed by atoms with Crippen molar-refractivity contribution in [1.82, 2.24) is 5.32 Å². The highest BCUT2D eigenvalue weighted by Crippen LogP contribution is 2.30. The molecule has 0 bridgehead atoms. The molecule has 0 saturated carbocycles. The predicted octanol–water partition coefficient (Wildman–Crippen LogP) is 2.62. The van der Waals surface area contributed by atoms with Crippen molar-refractivity contribution < 1.29 is 18.0 Å². The van der Waals surface area contributed by atoms with Crippen LogP contribution in [-0.2, 0) is 11.0 Å². The molecule has 3 N–H and O–H groups in total. The van der Waals surface area contributed by atoms with Gasteiger partial charge < -0.3 is 11.1 Å². The summed E-state index contributed by atoms with van der Waals surface area (Å²) in [6.45, 7) is 3.38. The SMILES string of the molecule is CCC(N)C(=O)NC(C)c1cccc(C(F)(F)F)c1. The maximum Gasteiger partial charge on any atom is 0.416 e. The topological polar surface area (TPSA) is 55.1 Å². The lowest BCUT2D eigenvalue weighted by molar-refractivity contribution is -0.137. The molecule has 0 aliphatic heterocycles. The van der Waals surface area contributed by atoms with Gasteiger partial charge in [-0.15, -0.1) is 0 Å². The van der Waals surface area contributed by atoms with Crippen molar-refractivity contribution in [2.75, 3.05) is 0 Å². The van der Waals surface area contributed by atoms with Crippen molar-refractivity contribution in [3.05, 3.63) is 35.4 Å². The van der Waals surface area contributed by atoms with Gasteiger partial charge in [0.25, 0.3) is 0 Å². The summed E-state index contributed by atoms with van der Waals surface area (Å²) in [5, 5.41) is 2.59. The van der Waals surface area contributed by atoms with E-state index in [9.17, 15) is 18.0 Å². The minimum absolute atomic E-state index is 0.368. The number of nitrogens with one attached hydrogen (secondary N) is 1. The van der Waals surface area contributed by atoms with Crippen LogP contribution in [-0.4, -0.2) is 11.9 Å². The van der Waals surface area contributed by atoms with Crippen molar-refractivity contribution in [3.63, 3.8) is 0 Å². The molecule has 0 radical (unpaired) electrons. The molecule has 3 nitrogen and oxygen atoms in total. The van der Waals surface area contributed by atoms with Crippen LogP contribution in [0.2, 0.25) is 0 Å². The maximum atomic E-state index is 12.6. The van der Waals surface area contributed by atoms with Gasteiger partial charge >= 0.3 is 6.18 Å². The number of hydrogen-bond acceptors (Lipinski definition) is 2. The lowest BCUT2D eigenvalue weighted by Crippen LogP contribution is -2.41. The highest BCUT2D eigenvalue weighted by atomic mass is 19.4. The van der Waals surface area contributed by atoms with Crippen LogP contribution in [0, 0.1) is 0 Å². The van der Waals surface area contributed by atoms with E-state index in [-0.39, 0.29) is 5.91 Å². The van der Waals surface area contributed by atoms with Gasteiger partial charge in [-0.3, -0.25) is 4.79 Å². The van der Waals surface area contributed by atoms with Gasteiger partial charge in [-0.2, -0.15) is 13.2 Å². The Morgan fingerprint density at radius 3 is 2.58 bits per heavy atom. The molecule has 19 heavy (non-hydrogen) atoms. The summed E-state index contributed by atoms with van der Waals surface area (Å²) < 4.78 is 37.7. The Morgan fingerprint density at radius 1 is 1.42 bits per heavy atom. The third kappa shape index (κ3) is 4.24. The van der Waals surface area contributed by atoms with Crippen LogP contribution in [0.4, 0.5) is 13.2 Å². The summed E-state index contributed by atoms with van der Waals surface area (Å²) in [5.74, 6) is -0.368. The lowest BCUT2D eigenvalue weighted by Gasteiger charge is -2.18. The standard InChI is InChI=1S/C13H17F3N2O/c1-3-11(17)12(19)18-8(2)9-5-4-6-10(7-9)13(14,15)16/h4-8,11H,3,17H2,1-2H3,(H,18,19). The summed E-state index contributed by atoms with van der Waals surface area (Å²) >= 11 is 0. The van der Waals surface area contributed by atoms with E-state index in [0.29, 0.717) is 12.0 Å². The van der Waals surface area contributed by atoms with E-state index in [1.807, 2.05) is 0 Å². The van der Waals surface area contributed by atoms with Crippen molar-refractivity contribution in [2.24, 2.45) is 5.73 Å². The fraction of sp³-hybridized carbons (Fsp3) is 0.462. The Bertz CT molecular complexity index is 446. The molecule has 0 saturated heterocycles. The smallest absolute Gasteiger partial charge is 0.348 e. The van der Waals surface area contributed by atoms with Gasteiger partial charge in [-0.25, -0.2) is 0 Å². The fourth-order valence-corrected chi connectivity index (χ4v) is 1.57. The predicted molar refractivity (Wildman–Crippen MR) is 66.3 cm³/mol. The molecule has 0 heterocycles. The average molecular weight is 274 g/mol. The Labute approximate surface area is 110 Å². The Hall–Kier alpha value is -1.56. The van der Waals surface area contributed by atoms with Gasteiger partial charge in [0.05, 0.1) is 17.6 Å². The molecular formula is C13H17F3N2O. The normalized spacial score (nSPS) is 14.8. The summed E-state index contributed by atoms with van der Waals surface area (Å²) in [5.41, 5.74) is 5.21. The zero-order chi connectivity index (χ0) is 14.6. The maximum absolute atomic E-state index is 12.6. The monoisotopic (exact) mass is 274 g/mol. The Morgan fingerprint density at radius 2 is 2.05 bits per heavy atom. The summed E-state index contributed by atoms with van der Waals surface area (Å²) in [6, 6.07) is 3.72. The first-order chi connectivity index (χ1) is 8.75. The zero-order valence-electron chi connectivity index (χ0n) is 10.8. The van der Waals surface area contributed by atoms with E-state index in [0.717, 1.165) is 12.1 Å². The van der Waals surface area contributed by atoms with Gasteiger partial charge in [-0.1, -0.05) is 19.1 Å². The van der Waals surface area contributed by atoms with Crippen LogP contribution >= 0.6 is 0 Å². The highest BCUT2D eigenvalue weighted by molar-refractivity contribution is 5.81. The van der Waals surface area contributed by atoms with Crippen LogP contribution in [0.1, 0.15) is 37.4 Å². The van der Waals surface area contributed by atoms with E-state index in [1.165, 1.54) is 12.1 Å². The largest absolute Gasteiger partial charge is 0.416 e. The molecule has 1 amide bonds. The van der Waals surface area contributed by atoms with E-state index < -0.39 is 23.8 Å². The second-order valence-electron chi connectivity index (χ2n) is 4.37. The third-order valence-corrected chi connectivity index (χ3v) is 2.85. The summed E-state index contributed by atoms with van der Waals surface area (Å²) in [6.07, 6.45) is -3.92. The first kappa shape index (κ1) is 15.5.